The summed E-state index contributed by atoms with van der Waals surface area (Å²) in [6, 6.07) is 21.6. The van der Waals surface area contributed by atoms with Crippen LogP contribution in [0.4, 0.5) is 4.79 Å². The Morgan fingerprint density at radius 2 is 1.69 bits per heavy atom. The smallest absolute Gasteiger partial charge is 0.407 e. The number of amides is 2. The molecule has 3 aliphatic heterocycles. The highest BCUT2D eigenvalue weighted by atomic mass is 16.5. The molecule has 3 fully saturated rings. The lowest BCUT2D eigenvalue weighted by Crippen LogP contribution is -2.51. The van der Waals surface area contributed by atoms with Crippen molar-refractivity contribution in [1.82, 2.24) is 25.5 Å². The molecule has 2 saturated heterocycles. The number of H-pyrrole nitrogens is 1. The molecule has 1 saturated carbocycles. The van der Waals surface area contributed by atoms with Crippen molar-refractivity contribution >= 4 is 34.1 Å². The number of nitrogens with zero attached hydrogens (tertiary/aromatic N) is 3. The van der Waals surface area contributed by atoms with E-state index in [9.17, 15) is 9.59 Å². The number of benzene rings is 3. The highest BCUT2D eigenvalue weighted by Crippen LogP contribution is 2.58. The predicted octanol–water partition coefficient (Wildman–Crippen LogP) is 7.27. The zero-order chi connectivity index (χ0) is 33.7. The standard InChI is InChI=1S/C40H44N6O3/c1-24(2)36(45-39(48)49-3)38(47)46-23-40(14-15-40)20-35(46)37-43-22-34(44-37)30-13-12-28-17-27(10-11-29(28)18-30)25-6-8-26(9-7-25)31-19-33(42-21-31)32-5-4-16-41-32/h6-13,17-18,21-22,24,32,35-36,41H,4-5,14-16,19-20,23H2,1-3H3,(H,43,44)(H,45,48)/t32-,35-,36-/m0/s1. The van der Waals surface area contributed by atoms with Crippen LogP contribution < -0.4 is 10.6 Å². The van der Waals surface area contributed by atoms with E-state index in [1.165, 1.54) is 53.3 Å². The largest absolute Gasteiger partial charge is 0.453 e. The highest BCUT2D eigenvalue weighted by Gasteiger charge is 2.55. The van der Waals surface area contributed by atoms with Gasteiger partial charge in [0.05, 0.1) is 25.0 Å². The maximum atomic E-state index is 13.8. The van der Waals surface area contributed by atoms with Crippen molar-refractivity contribution in [2.45, 2.75) is 70.5 Å². The molecule has 1 spiro atoms. The number of allylic oxidation sites excluding steroid dienone is 1. The number of hydrogen-bond acceptors (Lipinski definition) is 6. The lowest BCUT2D eigenvalue weighted by Gasteiger charge is -2.30. The summed E-state index contributed by atoms with van der Waals surface area (Å²) in [4.78, 5) is 40.9. The molecule has 0 unspecified atom stereocenters. The third-order valence-corrected chi connectivity index (χ3v) is 11.0. The number of imidazole rings is 1. The molecular formula is C40H44N6O3. The fraction of sp³-hybridized carbons (Fsp3) is 0.400. The molecule has 4 aliphatic rings. The minimum Gasteiger partial charge on any atom is -0.453 e. The van der Waals surface area contributed by atoms with Gasteiger partial charge in [0.1, 0.15) is 11.9 Å². The first-order valence-electron chi connectivity index (χ1n) is 17.6. The summed E-state index contributed by atoms with van der Waals surface area (Å²) in [5.41, 5.74) is 8.29. The molecule has 0 bridgehead atoms. The Kier molecular flexibility index (Phi) is 8.10. The minimum absolute atomic E-state index is 0.0789. The second-order valence-corrected chi connectivity index (χ2v) is 14.7. The molecule has 9 nitrogen and oxygen atoms in total. The summed E-state index contributed by atoms with van der Waals surface area (Å²) in [5, 5.41) is 8.65. The molecule has 0 radical (unpaired) electrons. The Morgan fingerprint density at radius 1 is 0.980 bits per heavy atom. The molecule has 252 valence electrons. The van der Waals surface area contributed by atoms with Crippen molar-refractivity contribution in [3.8, 4) is 22.4 Å². The first kappa shape index (κ1) is 31.5. The number of methoxy groups -OCH3 is 1. The lowest BCUT2D eigenvalue weighted by atomic mass is 9.95. The second-order valence-electron chi connectivity index (χ2n) is 14.7. The van der Waals surface area contributed by atoms with E-state index in [0.717, 1.165) is 54.7 Å². The molecule has 8 rings (SSSR count). The molecule has 1 aliphatic carbocycles. The molecule has 3 N–H and O–H groups in total. The molecule has 3 atom stereocenters. The van der Waals surface area contributed by atoms with Crippen molar-refractivity contribution < 1.29 is 14.3 Å². The molecule has 4 aromatic rings. The number of hydrogen-bond donors (Lipinski definition) is 3. The van der Waals surface area contributed by atoms with Gasteiger partial charge in [0.2, 0.25) is 5.91 Å². The third kappa shape index (κ3) is 6.16. The maximum absolute atomic E-state index is 13.8. The Morgan fingerprint density at radius 3 is 2.39 bits per heavy atom. The number of aromatic nitrogens is 2. The third-order valence-electron chi connectivity index (χ3n) is 11.0. The molecule has 49 heavy (non-hydrogen) atoms. The summed E-state index contributed by atoms with van der Waals surface area (Å²) < 4.78 is 4.81. The lowest BCUT2D eigenvalue weighted by molar-refractivity contribution is -0.135. The number of fused-ring (bicyclic) bond motifs is 1. The van der Waals surface area contributed by atoms with E-state index in [1.54, 1.807) is 0 Å². The van der Waals surface area contributed by atoms with E-state index in [2.05, 4.69) is 76.3 Å². The van der Waals surface area contributed by atoms with Gasteiger partial charge < -0.3 is 25.3 Å². The van der Waals surface area contributed by atoms with Crippen molar-refractivity contribution in [2.75, 3.05) is 20.2 Å². The van der Waals surface area contributed by atoms with E-state index < -0.39 is 12.1 Å². The number of likely N-dealkylation sites (tertiary alicyclic amines) is 1. The van der Waals surface area contributed by atoms with E-state index in [4.69, 9.17) is 14.7 Å². The van der Waals surface area contributed by atoms with Crippen LogP contribution >= 0.6 is 0 Å². The topological polar surface area (TPSA) is 112 Å². The normalized spacial score (nSPS) is 21.7. The van der Waals surface area contributed by atoms with Crippen molar-refractivity contribution in [2.24, 2.45) is 16.3 Å². The zero-order valence-electron chi connectivity index (χ0n) is 28.5. The van der Waals surface area contributed by atoms with E-state index in [1.807, 2.05) is 31.1 Å². The van der Waals surface area contributed by atoms with Crippen molar-refractivity contribution in [1.29, 1.82) is 0 Å². The maximum Gasteiger partial charge on any atom is 0.407 e. The average molecular weight is 657 g/mol. The Hall–Kier alpha value is -4.76. The summed E-state index contributed by atoms with van der Waals surface area (Å²) in [6.45, 7) is 5.65. The minimum atomic E-state index is -0.659. The number of alkyl carbamates (subject to hydrolysis) is 1. The van der Waals surface area contributed by atoms with Gasteiger partial charge in [-0.15, -0.1) is 0 Å². The SMILES string of the molecule is COC(=O)N[C@H](C(=O)N1CC2(CC2)C[C@H]1c1ncc(-c2ccc3cc(-c4ccc(C5=CN=C([C@@H]6CCCN6)C5)cc4)ccc3c2)[nH]1)C(C)C. The first-order chi connectivity index (χ1) is 23.8. The molecule has 1 aromatic heterocycles. The molecular weight excluding hydrogens is 612 g/mol. The van der Waals surface area contributed by atoms with Crippen LogP contribution in [0.25, 0.3) is 38.7 Å². The summed E-state index contributed by atoms with van der Waals surface area (Å²) in [7, 11) is 1.32. The van der Waals surface area contributed by atoms with Gasteiger partial charge in [0.15, 0.2) is 0 Å². The fourth-order valence-electron chi connectivity index (χ4n) is 7.88. The molecule has 3 aromatic carbocycles. The van der Waals surface area contributed by atoms with E-state index >= 15 is 0 Å². The van der Waals surface area contributed by atoms with E-state index in [0.29, 0.717) is 12.6 Å². The van der Waals surface area contributed by atoms with Gasteiger partial charge in [0, 0.05) is 36.5 Å². The Bertz CT molecular complexity index is 1970. The number of aromatic amines is 1. The van der Waals surface area contributed by atoms with Gasteiger partial charge in [0.25, 0.3) is 0 Å². The monoisotopic (exact) mass is 656 g/mol. The van der Waals surface area contributed by atoms with Crippen LogP contribution in [0.15, 0.2) is 78.1 Å². The first-order valence-corrected chi connectivity index (χ1v) is 17.6. The fourth-order valence-corrected chi connectivity index (χ4v) is 7.88. The number of nitrogens with one attached hydrogen (secondary N) is 3. The van der Waals surface area contributed by atoms with Crippen LogP contribution in [0.3, 0.4) is 0 Å². The van der Waals surface area contributed by atoms with Gasteiger partial charge in [-0.25, -0.2) is 9.78 Å². The van der Waals surface area contributed by atoms with Gasteiger partial charge in [-0.3, -0.25) is 9.79 Å². The van der Waals surface area contributed by atoms with Crippen LogP contribution in [-0.4, -0.2) is 64.9 Å². The number of aliphatic imine (C=N–C) groups is 1. The molecule has 4 heterocycles. The van der Waals surface area contributed by atoms with E-state index in [-0.39, 0.29) is 23.3 Å². The summed E-state index contributed by atoms with van der Waals surface area (Å²) in [6.07, 6.45) is 9.76. The van der Waals surface area contributed by atoms with Crippen LogP contribution in [0, 0.1) is 11.3 Å². The van der Waals surface area contributed by atoms with Crippen LogP contribution in [0.5, 0.6) is 0 Å². The predicted molar refractivity (Wildman–Crippen MR) is 193 cm³/mol. The highest BCUT2D eigenvalue weighted by molar-refractivity contribution is 6.01. The Labute approximate surface area is 287 Å². The number of carbonyl (C=O) groups excluding carboxylic acids is 2. The van der Waals surface area contributed by atoms with Crippen molar-refractivity contribution in [3.63, 3.8) is 0 Å². The van der Waals surface area contributed by atoms with Crippen LogP contribution in [0.1, 0.15) is 69.8 Å². The van der Waals surface area contributed by atoms with Crippen molar-refractivity contribution in [3.05, 3.63) is 84.4 Å². The number of ether oxygens (including phenoxy) is 1. The van der Waals surface area contributed by atoms with Gasteiger partial charge >= 0.3 is 6.09 Å². The number of rotatable bonds is 8. The van der Waals surface area contributed by atoms with Gasteiger partial charge in [-0.05, 0) is 95.2 Å². The van der Waals surface area contributed by atoms with Gasteiger partial charge in [-0.1, -0.05) is 62.4 Å². The zero-order valence-corrected chi connectivity index (χ0v) is 28.5. The molecule has 2 amide bonds. The molecule has 9 heteroatoms. The van der Waals surface area contributed by atoms with Crippen LogP contribution in [0.2, 0.25) is 0 Å². The number of carbonyl (C=O) groups is 2. The Balaban J connectivity index is 0.977. The second kappa shape index (κ2) is 12.6. The average Bonchev–Trinajstić information content (AvgIpc) is 3.69. The summed E-state index contributed by atoms with van der Waals surface area (Å²) >= 11 is 0. The van der Waals surface area contributed by atoms with Gasteiger partial charge in [-0.2, -0.15) is 0 Å². The summed E-state index contributed by atoms with van der Waals surface area (Å²) in [5.74, 6) is 0.627. The van der Waals surface area contributed by atoms with Crippen LogP contribution in [-0.2, 0) is 9.53 Å². The quantitative estimate of drug-likeness (QED) is 0.185.